The number of amides is 1. The standard InChI is InChI=1S/C20H26N2O2/c23-20(14-21-18-10-5-2-6-11-18)22(16-19-12-7-13-24-19)15-17-8-3-1-4-9-17/h1,3-4,7-9,12-13,18,21H,2,5-6,10-11,14-16H2. The Balaban J connectivity index is 1.60. The first kappa shape index (κ1) is 16.8. The van der Waals surface area contributed by atoms with Crippen molar-refractivity contribution in [2.45, 2.75) is 51.2 Å². The SMILES string of the molecule is O=C(CNC1CCCCC1)N(Cc1ccccc1)Cc1ccco1. The minimum Gasteiger partial charge on any atom is -0.467 e. The maximum Gasteiger partial charge on any atom is 0.237 e. The summed E-state index contributed by atoms with van der Waals surface area (Å²) in [6, 6.07) is 14.4. The molecule has 1 heterocycles. The molecule has 0 saturated heterocycles. The monoisotopic (exact) mass is 326 g/mol. The highest BCUT2D eigenvalue weighted by atomic mass is 16.3. The van der Waals surface area contributed by atoms with Crippen LogP contribution in [0.25, 0.3) is 0 Å². The fourth-order valence-electron chi connectivity index (χ4n) is 3.28. The van der Waals surface area contributed by atoms with Crippen LogP contribution in [0.15, 0.2) is 53.1 Å². The number of furan rings is 1. The van der Waals surface area contributed by atoms with Gasteiger partial charge in [-0.3, -0.25) is 4.79 Å². The molecule has 0 aliphatic heterocycles. The molecule has 4 nitrogen and oxygen atoms in total. The second-order valence-corrected chi connectivity index (χ2v) is 6.53. The van der Waals surface area contributed by atoms with Crippen molar-refractivity contribution in [3.05, 3.63) is 60.1 Å². The van der Waals surface area contributed by atoms with Crippen LogP contribution < -0.4 is 5.32 Å². The summed E-state index contributed by atoms with van der Waals surface area (Å²) >= 11 is 0. The highest BCUT2D eigenvalue weighted by Gasteiger charge is 2.18. The van der Waals surface area contributed by atoms with Crippen molar-refractivity contribution in [3.63, 3.8) is 0 Å². The van der Waals surface area contributed by atoms with Gasteiger partial charge in [-0.05, 0) is 30.5 Å². The zero-order valence-electron chi connectivity index (χ0n) is 14.1. The number of benzene rings is 1. The molecule has 3 rings (SSSR count). The van der Waals surface area contributed by atoms with E-state index in [1.807, 2.05) is 35.2 Å². The predicted molar refractivity (Wildman–Crippen MR) is 94.3 cm³/mol. The van der Waals surface area contributed by atoms with Gasteiger partial charge in [0.15, 0.2) is 0 Å². The Hall–Kier alpha value is -2.07. The van der Waals surface area contributed by atoms with Crippen LogP contribution in [0, 0.1) is 0 Å². The van der Waals surface area contributed by atoms with Crippen molar-refractivity contribution in [1.29, 1.82) is 0 Å². The van der Waals surface area contributed by atoms with Crippen LogP contribution in [0.2, 0.25) is 0 Å². The summed E-state index contributed by atoms with van der Waals surface area (Å²) < 4.78 is 5.43. The lowest BCUT2D eigenvalue weighted by molar-refractivity contribution is -0.131. The third kappa shape index (κ3) is 4.96. The second kappa shape index (κ2) is 8.69. The number of rotatable bonds is 7. The molecule has 1 aliphatic rings. The van der Waals surface area contributed by atoms with Crippen LogP contribution in [0.1, 0.15) is 43.4 Å². The van der Waals surface area contributed by atoms with Gasteiger partial charge in [0.2, 0.25) is 5.91 Å². The van der Waals surface area contributed by atoms with E-state index >= 15 is 0 Å². The number of nitrogens with one attached hydrogen (secondary N) is 1. The van der Waals surface area contributed by atoms with Crippen molar-refractivity contribution < 1.29 is 9.21 Å². The van der Waals surface area contributed by atoms with Crippen LogP contribution in [0.5, 0.6) is 0 Å². The Bertz CT molecular complexity index is 604. The maximum atomic E-state index is 12.7. The van der Waals surface area contributed by atoms with Gasteiger partial charge in [0, 0.05) is 12.6 Å². The number of hydrogen-bond donors (Lipinski definition) is 1. The largest absolute Gasteiger partial charge is 0.467 e. The van der Waals surface area contributed by atoms with Gasteiger partial charge in [0.05, 0.1) is 19.4 Å². The van der Waals surface area contributed by atoms with Crippen molar-refractivity contribution in [2.24, 2.45) is 0 Å². The van der Waals surface area contributed by atoms with Crippen molar-refractivity contribution in [3.8, 4) is 0 Å². The molecule has 0 unspecified atom stereocenters. The van der Waals surface area contributed by atoms with E-state index in [0.29, 0.717) is 25.7 Å². The van der Waals surface area contributed by atoms with Crippen molar-refractivity contribution in [1.82, 2.24) is 10.2 Å². The van der Waals surface area contributed by atoms with Gasteiger partial charge in [-0.25, -0.2) is 0 Å². The molecule has 2 aromatic rings. The van der Waals surface area contributed by atoms with E-state index in [4.69, 9.17) is 4.42 Å². The van der Waals surface area contributed by atoms with Crippen LogP contribution in [0.4, 0.5) is 0 Å². The Morgan fingerprint density at radius 2 is 1.83 bits per heavy atom. The molecule has 1 saturated carbocycles. The van der Waals surface area contributed by atoms with Gasteiger partial charge in [0.1, 0.15) is 5.76 Å². The van der Waals surface area contributed by atoms with E-state index < -0.39 is 0 Å². The minimum atomic E-state index is 0.126. The third-order valence-electron chi connectivity index (χ3n) is 4.64. The lowest BCUT2D eigenvalue weighted by Gasteiger charge is -2.26. The van der Waals surface area contributed by atoms with E-state index in [1.165, 1.54) is 32.1 Å². The molecule has 1 aromatic carbocycles. The molecule has 0 atom stereocenters. The predicted octanol–water partition coefficient (Wildman–Crippen LogP) is 3.73. The first-order valence-corrected chi connectivity index (χ1v) is 8.89. The molecule has 1 amide bonds. The molecule has 128 valence electrons. The fourth-order valence-corrected chi connectivity index (χ4v) is 3.28. The molecule has 0 bridgehead atoms. The molecule has 1 aromatic heterocycles. The van der Waals surface area contributed by atoms with Gasteiger partial charge in [-0.1, -0.05) is 49.6 Å². The van der Waals surface area contributed by atoms with Gasteiger partial charge in [-0.15, -0.1) is 0 Å². The minimum absolute atomic E-state index is 0.126. The Morgan fingerprint density at radius 3 is 2.54 bits per heavy atom. The van der Waals surface area contributed by atoms with Gasteiger partial charge in [0.25, 0.3) is 0 Å². The quantitative estimate of drug-likeness (QED) is 0.843. The Kier molecular flexibility index (Phi) is 6.07. The Morgan fingerprint density at radius 1 is 1.04 bits per heavy atom. The first-order chi connectivity index (χ1) is 11.8. The third-order valence-corrected chi connectivity index (χ3v) is 4.64. The van der Waals surface area contributed by atoms with Crippen LogP contribution in [-0.4, -0.2) is 23.4 Å². The smallest absolute Gasteiger partial charge is 0.237 e. The van der Waals surface area contributed by atoms with Gasteiger partial charge in [-0.2, -0.15) is 0 Å². The molecule has 0 spiro atoms. The second-order valence-electron chi connectivity index (χ2n) is 6.53. The summed E-state index contributed by atoms with van der Waals surface area (Å²) in [5.74, 6) is 0.942. The average molecular weight is 326 g/mol. The Labute approximate surface area is 143 Å². The van der Waals surface area contributed by atoms with E-state index in [9.17, 15) is 4.79 Å². The lowest BCUT2D eigenvalue weighted by atomic mass is 9.95. The highest BCUT2D eigenvalue weighted by Crippen LogP contribution is 2.17. The summed E-state index contributed by atoms with van der Waals surface area (Å²) in [6.45, 7) is 1.51. The summed E-state index contributed by atoms with van der Waals surface area (Å²) in [5.41, 5.74) is 1.13. The lowest BCUT2D eigenvalue weighted by Crippen LogP contribution is -2.41. The molecule has 0 radical (unpaired) electrons. The summed E-state index contributed by atoms with van der Waals surface area (Å²) in [7, 11) is 0. The summed E-state index contributed by atoms with van der Waals surface area (Å²) in [5, 5.41) is 3.45. The van der Waals surface area contributed by atoms with Gasteiger partial charge >= 0.3 is 0 Å². The van der Waals surface area contributed by atoms with Crippen molar-refractivity contribution >= 4 is 5.91 Å². The normalized spacial score (nSPS) is 15.3. The topological polar surface area (TPSA) is 45.5 Å². The molecule has 4 heteroatoms. The zero-order valence-corrected chi connectivity index (χ0v) is 14.1. The van der Waals surface area contributed by atoms with Crippen LogP contribution in [0.3, 0.4) is 0 Å². The molecular formula is C20H26N2O2. The van der Waals surface area contributed by atoms with Crippen molar-refractivity contribution in [2.75, 3.05) is 6.54 Å². The summed E-state index contributed by atoms with van der Waals surface area (Å²) in [4.78, 5) is 14.6. The van der Waals surface area contributed by atoms with Gasteiger partial charge < -0.3 is 14.6 Å². The molecular weight excluding hydrogens is 300 g/mol. The number of carbonyl (C=O) groups excluding carboxylic acids is 1. The van der Waals surface area contributed by atoms with E-state index in [0.717, 1.165) is 11.3 Å². The van der Waals surface area contributed by atoms with E-state index in [1.54, 1.807) is 6.26 Å². The van der Waals surface area contributed by atoms with E-state index in [2.05, 4.69) is 17.4 Å². The van der Waals surface area contributed by atoms with Crippen LogP contribution >= 0.6 is 0 Å². The summed E-state index contributed by atoms with van der Waals surface area (Å²) in [6.07, 6.45) is 7.89. The number of hydrogen-bond acceptors (Lipinski definition) is 3. The zero-order chi connectivity index (χ0) is 16.6. The number of nitrogens with zero attached hydrogens (tertiary/aromatic N) is 1. The molecule has 1 N–H and O–H groups in total. The fraction of sp³-hybridized carbons (Fsp3) is 0.450. The number of carbonyl (C=O) groups is 1. The highest BCUT2D eigenvalue weighted by molar-refractivity contribution is 5.78. The van der Waals surface area contributed by atoms with E-state index in [-0.39, 0.29) is 5.91 Å². The molecule has 1 aliphatic carbocycles. The molecule has 1 fully saturated rings. The van der Waals surface area contributed by atoms with Crippen LogP contribution in [-0.2, 0) is 17.9 Å². The molecule has 24 heavy (non-hydrogen) atoms. The average Bonchev–Trinajstić information content (AvgIpc) is 3.14. The first-order valence-electron chi connectivity index (χ1n) is 8.89. The maximum absolute atomic E-state index is 12.7.